The van der Waals surface area contributed by atoms with Gasteiger partial charge in [-0.2, -0.15) is 0 Å². The van der Waals surface area contributed by atoms with Gasteiger partial charge >= 0.3 is 0 Å². The molecule has 1 amide bonds. The van der Waals surface area contributed by atoms with Gasteiger partial charge in [-0.15, -0.1) is 0 Å². The van der Waals surface area contributed by atoms with E-state index >= 15 is 0 Å². The normalized spacial score (nSPS) is 15.3. The van der Waals surface area contributed by atoms with Crippen molar-refractivity contribution in [3.63, 3.8) is 0 Å². The maximum atomic E-state index is 12.7. The minimum Gasteiger partial charge on any atom is -0.350 e. The van der Waals surface area contributed by atoms with Crippen LogP contribution in [0.2, 0.25) is 0 Å². The molecule has 0 unspecified atom stereocenters. The number of nitrogens with zero attached hydrogens (tertiary/aromatic N) is 4. The lowest BCUT2D eigenvalue weighted by Crippen LogP contribution is -2.43. The van der Waals surface area contributed by atoms with E-state index in [1.165, 1.54) is 10.1 Å². The van der Waals surface area contributed by atoms with Crippen molar-refractivity contribution in [2.45, 2.75) is 26.6 Å². The van der Waals surface area contributed by atoms with E-state index in [0.29, 0.717) is 23.3 Å². The van der Waals surface area contributed by atoms with Crippen molar-refractivity contribution in [1.29, 1.82) is 0 Å². The van der Waals surface area contributed by atoms with Crippen LogP contribution in [0.5, 0.6) is 0 Å². The molecule has 1 aliphatic rings. The smallest absolute Gasteiger partial charge is 0.261 e. The first-order valence-electron chi connectivity index (χ1n) is 10.7. The van der Waals surface area contributed by atoms with Crippen LogP contribution < -0.4 is 10.9 Å². The summed E-state index contributed by atoms with van der Waals surface area (Å²) < 4.78 is 1.43. The molecule has 7 heteroatoms. The topological polar surface area (TPSA) is 70.5 Å². The third-order valence-corrected chi connectivity index (χ3v) is 5.84. The minimum absolute atomic E-state index is 0.0382. The highest BCUT2D eigenvalue weighted by Crippen LogP contribution is 2.11. The minimum atomic E-state index is -0.202. The quantitative estimate of drug-likeness (QED) is 0.660. The number of para-hydroxylation sites is 1. The van der Waals surface area contributed by atoms with Gasteiger partial charge in [-0.25, -0.2) is 4.98 Å². The molecule has 0 spiro atoms. The molecule has 2 aromatic carbocycles. The third kappa shape index (κ3) is 5.18. The van der Waals surface area contributed by atoms with Gasteiger partial charge in [0.2, 0.25) is 5.91 Å². The van der Waals surface area contributed by atoms with Gasteiger partial charge in [-0.05, 0) is 37.2 Å². The van der Waals surface area contributed by atoms with Crippen LogP contribution in [-0.2, 0) is 24.4 Å². The first-order chi connectivity index (χ1) is 15.0. The number of nitrogens with one attached hydrogen (secondary N) is 1. The van der Waals surface area contributed by atoms with Gasteiger partial charge in [-0.3, -0.25) is 19.1 Å². The van der Waals surface area contributed by atoms with E-state index < -0.39 is 0 Å². The zero-order valence-electron chi connectivity index (χ0n) is 18.2. The van der Waals surface area contributed by atoms with Gasteiger partial charge in [0.25, 0.3) is 5.56 Å². The van der Waals surface area contributed by atoms with Gasteiger partial charge in [0.15, 0.2) is 0 Å². The summed E-state index contributed by atoms with van der Waals surface area (Å²) >= 11 is 0. The van der Waals surface area contributed by atoms with Crippen LogP contribution in [0.3, 0.4) is 0 Å². The Balaban J connectivity index is 1.37. The largest absolute Gasteiger partial charge is 0.350 e. The SMILES string of the molecule is Cc1nc2ccccc2c(=O)n1CC(=O)NCc1cccc(CN2CCN(C)CC2)c1. The van der Waals surface area contributed by atoms with Crippen molar-refractivity contribution in [2.75, 3.05) is 33.2 Å². The van der Waals surface area contributed by atoms with Crippen molar-refractivity contribution < 1.29 is 4.79 Å². The first-order valence-corrected chi connectivity index (χ1v) is 10.7. The molecule has 1 N–H and O–H groups in total. The molecule has 31 heavy (non-hydrogen) atoms. The molecule has 4 rings (SSSR count). The maximum absolute atomic E-state index is 12.7. The van der Waals surface area contributed by atoms with Gasteiger partial charge < -0.3 is 10.2 Å². The Hall–Kier alpha value is -3.03. The Morgan fingerprint density at radius 1 is 1.03 bits per heavy atom. The summed E-state index contributed by atoms with van der Waals surface area (Å²) in [6.45, 7) is 7.41. The number of piperazine rings is 1. The van der Waals surface area contributed by atoms with Crippen molar-refractivity contribution in [1.82, 2.24) is 24.7 Å². The van der Waals surface area contributed by atoms with Gasteiger partial charge in [-0.1, -0.05) is 36.4 Å². The molecule has 1 aliphatic heterocycles. The molecule has 0 bridgehead atoms. The van der Waals surface area contributed by atoms with E-state index in [-0.39, 0.29) is 18.0 Å². The molecule has 162 valence electrons. The van der Waals surface area contributed by atoms with Crippen LogP contribution in [0.4, 0.5) is 0 Å². The molecule has 1 aromatic heterocycles. The molecule has 7 nitrogen and oxygen atoms in total. The Bertz CT molecular complexity index is 1130. The van der Waals surface area contributed by atoms with Crippen molar-refractivity contribution in [3.05, 3.63) is 75.8 Å². The average Bonchev–Trinajstić information content (AvgIpc) is 2.77. The predicted molar refractivity (Wildman–Crippen MR) is 122 cm³/mol. The fourth-order valence-electron chi connectivity index (χ4n) is 3.97. The Morgan fingerprint density at radius 3 is 2.58 bits per heavy atom. The lowest BCUT2D eigenvalue weighted by Gasteiger charge is -2.32. The summed E-state index contributed by atoms with van der Waals surface area (Å²) in [6, 6.07) is 15.5. The lowest BCUT2D eigenvalue weighted by atomic mass is 10.1. The van der Waals surface area contributed by atoms with Crippen LogP contribution in [0, 0.1) is 6.92 Å². The van der Waals surface area contributed by atoms with Gasteiger partial charge in [0.05, 0.1) is 10.9 Å². The van der Waals surface area contributed by atoms with Crippen molar-refractivity contribution >= 4 is 16.8 Å². The average molecular weight is 420 g/mol. The second-order valence-corrected chi connectivity index (χ2v) is 8.24. The van der Waals surface area contributed by atoms with E-state index in [0.717, 1.165) is 38.3 Å². The zero-order valence-corrected chi connectivity index (χ0v) is 18.2. The number of hydrogen-bond donors (Lipinski definition) is 1. The molecule has 0 atom stereocenters. The summed E-state index contributed by atoms with van der Waals surface area (Å²) in [5, 5.41) is 3.47. The number of carbonyl (C=O) groups excluding carboxylic acids is 1. The highest BCUT2D eigenvalue weighted by molar-refractivity contribution is 5.79. The summed E-state index contributed by atoms with van der Waals surface area (Å²) in [7, 11) is 2.16. The predicted octanol–water partition coefficient (Wildman–Crippen LogP) is 1.77. The number of aryl methyl sites for hydroxylation is 1. The molecule has 0 radical (unpaired) electrons. The van der Waals surface area contributed by atoms with Crippen LogP contribution in [0.15, 0.2) is 53.3 Å². The van der Waals surface area contributed by atoms with E-state index in [4.69, 9.17) is 0 Å². The number of amides is 1. The van der Waals surface area contributed by atoms with Crippen molar-refractivity contribution in [3.8, 4) is 0 Å². The van der Waals surface area contributed by atoms with Gasteiger partial charge in [0.1, 0.15) is 12.4 Å². The summed E-state index contributed by atoms with van der Waals surface area (Å²) in [5.41, 5.74) is 2.77. The molecule has 3 aromatic rings. The Kier molecular flexibility index (Phi) is 6.44. The lowest BCUT2D eigenvalue weighted by molar-refractivity contribution is -0.121. The molecule has 2 heterocycles. The molecule has 1 saturated heterocycles. The number of aromatic nitrogens is 2. The van der Waals surface area contributed by atoms with Crippen LogP contribution >= 0.6 is 0 Å². The monoisotopic (exact) mass is 419 g/mol. The number of hydrogen-bond acceptors (Lipinski definition) is 5. The number of likely N-dealkylation sites (N-methyl/N-ethyl adjacent to an activating group) is 1. The second-order valence-electron chi connectivity index (χ2n) is 8.24. The number of carbonyl (C=O) groups is 1. The third-order valence-electron chi connectivity index (χ3n) is 5.84. The summed E-state index contributed by atoms with van der Waals surface area (Å²) in [4.78, 5) is 34.6. The maximum Gasteiger partial charge on any atom is 0.261 e. The number of fused-ring (bicyclic) bond motifs is 1. The molecular weight excluding hydrogens is 390 g/mol. The second kappa shape index (κ2) is 9.41. The molecule has 0 aliphatic carbocycles. The van der Waals surface area contributed by atoms with E-state index in [2.05, 4.69) is 39.3 Å². The van der Waals surface area contributed by atoms with Crippen LogP contribution in [0.25, 0.3) is 10.9 Å². The van der Waals surface area contributed by atoms with Crippen molar-refractivity contribution in [2.24, 2.45) is 0 Å². The fourth-order valence-corrected chi connectivity index (χ4v) is 3.97. The number of benzene rings is 2. The van der Waals surface area contributed by atoms with E-state index in [1.54, 1.807) is 19.1 Å². The van der Waals surface area contributed by atoms with Crippen LogP contribution in [-0.4, -0.2) is 58.5 Å². The standard InChI is InChI=1S/C24H29N5O2/c1-18-26-22-9-4-3-8-21(22)24(31)29(18)17-23(30)25-15-19-6-5-7-20(14-19)16-28-12-10-27(2)11-13-28/h3-9,14H,10-13,15-17H2,1-2H3,(H,25,30). The Morgan fingerprint density at radius 2 is 1.77 bits per heavy atom. The highest BCUT2D eigenvalue weighted by Gasteiger charge is 2.14. The van der Waals surface area contributed by atoms with E-state index in [1.807, 2.05) is 24.3 Å². The van der Waals surface area contributed by atoms with E-state index in [9.17, 15) is 9.59 Å². The highest BCUT2D eigenvalue weighted by atomic mass is 16.2. The molecule has 1 fully saturated rings. The fraction of sp³-hybridized carbons (Fsp3) is 0.375. The first kappa shape index (κ1) is 21.2. The summed E-state index contributed by atoms with van der Waals surface area (Å²) in [6.07, 6.45) is 0. The molecule has 0 saturated carbocycles. The molecular formula is C24H29N5O2. The zero-order chi connectivity index (χ0) is 21.8. The van der Waals surface area contributed by atoms with Gasteiger partial charge in [0, 0.05) is 39.3 Å². The van der Waals surface area contributed by atoms with Crippen LogP contribution in [0.1, 0.15) is 17.0 Å². The Labute approximate surface area is 182 Å². The number of rotatable bonds is 6. The summed E-state index contributed by atoms with van der Waals surface area (Å²) in [5.74, 6) is 0.333.